The normalized spacial score (nSPS) is 11.6. The van der Waals surface area contributed by atoms with Crippen LogP contribution >= 0.6 is 11.6 Å². The number of aryl methyl sites for hydroxylation is 1. The molecule has 1 amide bonds. The van der Waals surface area contributed by atoms with Crippen molar-refractivity contribution in [3.05, 3.63) is 64.2 Å². The van der Waals surface area contributed by atoms with E-state index in [1.54, 1.807) is 10.9 Å². The van der Waals surface area contributed by atoms with Crippen LogP contribution in [0.25, 0.3) is 0 Å². The zero-order chi connectivity index (χ0) is 20.5. The number of alkyl halides is 3. The van der Waals surface area contributed by atoms with E-state index in [4.69, 9.17) is 11.6 Å². The Kier molecular flexibility index (Phi) is 5.46. The number of benzene rings is 1. The Morgan fingerprint density at radius 1 is 1.29 bits per heavy atom. The number of anilines is 1. The Morgan fingerprint density at radius 3 is 2.68 bits per heavy atom. The molecule has 0 aliphatic heterocycles. The van der Waals surface area contributed by atoms with Crippen LogP contribution in [-0.4, -0.2) is 25.5 Å². The average molecular weight is 412 g/mol. The molecule has 1 N–H and O–H groups in total. The topological polar surface area (TPSA) is 64.7 Å². The van der Waals surface area contributed by atoms with E-state index in [9.17, 15) is 18.0 Å². The van der Waals surface area contributed by atoms with Gasteiger partial charge in [-0.2, -0.15) is 23.4 Å². The van der Waals surface area contributed by atoms with Crippen LogP contribution < -0.4 is 5.32 Å². The molecule has 2 aromatic heterocycles. The molecule has 10 heteroatoms. The molecule has 0 saturated carbocycles. The van der Waals surface area contributed by atoms with Crippen LogP contribution in [0.3, 0.4) is 0 Å². The lowest BCUT2D eigenvalue weighted by Crippen LogP contribution is -2.20. The van der Waals surface area contributed by atoms with Gasteiger partial charge >= 0.3 is 6.18 Å². The van der Waals surface area contributed by atoms with Crippen LogP contribution in [0.4, 0.5) is 18.9 Å². The summed E-state index contributed by atoms with van der Waals surface area (Å²) in [5.74, 6) is -0.536. The summed E-state index contributed by atoms with van der Waals surface area (Å²) in [5, 5.41) is 9.68. The quantitative estimate of drug-likeness (QED) is 0.688. The Balaban J connectivity index is 1.65. The minimum absolute atomic E-state index is 0.0688. The number of nitrogens with zero attached hydrogens (tertiary/aromatic N) is 4. The van der Waals surface area contributed by atoms with Gasteiger partial charge in [0.25, 0.3) is 0 Å². The van der Waals surface area contributed by atoms with Crippen molar-refractivity contribution in [2.75, 3.05) is 5.32 Å². The van der Waals surface area contributed by atoms with Gasteiger partial charge in [0.1, 0.15) is 6.54 Å². The number of aromatic nitrogens is 4. The third kappa shape index (κ3) is 4.53. The van der Waals surface area contributed by atoms with Crippen molar-refractivity contribution in [1.29, 1.82) is 0 Å². The number of nitrogens with one attached hydrogen (secondary N) is 1. The number of carbonyl (C=O) groups is 1. The highest BCUT2D eigenvalue weighted by Crippen LogP contribution is 2.35. The SMILES string of the molecule is Cc1cccc(Cn2cc(NC(=O)Cn3nc(C(F)(F)F)c(Cl)c3C)cn2)c1. The predicted molar refractivity (Wildman–Crippen MR) is 98.1 cm³/mol. The molecule has 0 aliphatic rings. The molecule has 0 fully saturated rings. The fourth-order valence-corrected chi connectivity index (χ4v) is 2.95. The molecule has 3 aromatic rings. The zero-order valence-corrected chi connectivity index (χ0v) is 15.8. The molecule has 0 bridgehead atoms. The molecule has 148 valence electrons. The molecular formula is C18H17ClF3N5O. The van der Waals surface area contributed by atoms with E-state index in [1.165, 1.54) is 13.1 Å². The Hall–Kier alpha value is -2.81. The smallest absolute Gasteiger partial charge is 0.322 e. The minimum Gasteiger partial charge on any atom is -0.322 e. The maximum Gasteiger partial charge on any atom is 0.436 e. The van der Waals surface area contributed by atoms with Crippen molar-refractivity contribution in [1.82, 2.24) is 19.6 Å². The minimum atomic E-state index is -4.68. The summed E-state index contributed by atoms with van der Waals surface area (Å²) in [6, 6.07) is 7.94. The first-order valence-corrected chi connectivity index (χ1v) is 8.69. The van der Waals surface area contributed by atoms with Crippen LogP contribution in [0.2, 0.25) is 5.02 Å². The monoisotopic (exact) mass is 411 g/mol. The summed E-state index contributed by atoms with van der Waals surface area (Å²) in [7, 11) is 0. The van der Waals surface area contributed by atoms with Crippen molar-refractivity contribution in [2.45, 2.75) is 33.1 Å². The molecule has 0 saturated heterocycles. The van der Waals surface area contributed by atoms with Crippen molar-refractivity contribution in [3.8, 4) is 0 Å². The van der Waals surface area contributed by atoms with E-state index in [0.29, 0.717) is 12.2 Å². The van der Waals surface area contributed by atoms with Crippen LogP contribution in [0, 0.1) is 13.8 Å². The second kappa shape index (κ2) is 7.67. The second-order valence-electron chi connectivity index (χ2n) is 6.37. The maximum atomic E-state index is 12.9. The molecule has 28 heavy (non-hydrogen) atoms. The van der Waals surface area contributed by atoms with Gasteiger partial charge in [0.2, 0.25) is 5.91 Å². The van der Waals surface area contributed by atoms with Crippen molar-refractivity contribution >= 4 is 23.2 Å². The van der Waals surface area contributed by atoms with E-state index in [-0.39, 0.29) is 5.69 Å². The van der Waals surface area contributed by atoms with Gasteiger partial charge in [-0.3, -0.25) is 14.2 Å². The van der Waals surface area contributed by atoms with Gasteiger partial charge in [-0.25, -0.2) is 0 Å². The van der Waals surface area contributed by atoms with Gasteiger partial charge in [0, 0.05) is 6.20 Å². The first-order chi connectivity index (χ1) is 13.1. The summed E-state index contributed by atoms with van der Waals surface area (Å²) in [6.07, 6.45) is -1.57. The van der Waals surface area contributed by atoms with Crippen LogP contribution in [-0.2, 0) is 24.1 Å². The summed E-state index contributed by atoms with van der Waals surface area (Å²) in [4.78, 5) is 12.2. The van der Waals surface area contributed by atoms with Gasteiger partial charge < -0.3 is 5.32 Å². The fourth-order valence-electron chi connectivity index (χ4n) is 2.71. The highest BCUT2D eigenvalue weighted by molar-refractivity contribution is 6.32. The van der Waals surface area contributed by atoms with Crippen molar-refractivity contribution < 1.29 is 18.0 Å². The molecule has 0 atom stereocenters. The number of rotatable bonds is 5. The third-order valence-corrected chi connectivity index (χ3v) is 4.49. The summed E-state index contributed by atoms with van der Waals surface area (Å²) < 4.78 is 41.2. The van der Waals surface area contributed by atoms with E-state index < -0.39 is 29.3 Å². The average Bonchev–Trinajstić information content (AvgIpc) is 3.13. The molecule has 0 aliphatic carbocycles. The van der Waals surface area contributed by atoms with Gasteiger partial charge in [0.05, 0.1) is 29.1 Å². The lowest BCUT2D eigenvalue weighted by molar-refractivity contribution is -0.141. The molecule has 0 spiro atoms. The lowest BCUT2D eigenvalue weighted by Gasteiger charge is -2.05. The number of hydrogen-bond acceptors (Lipinski definition) is 3. The van der Waals surface area contributed by atoms with E-state index in [0.717, 1.165) is 15.8 Å². The Bertz CT molecular complexity index is 1010. The summed E-state index contributed by atoms with van der Waals surface area (Å²) >= 11 is 5.69. The molecule has 0 radical (unpaired) electrons. The second-order valence-corrected chi connectivity index (χ2v) is 6.75. The highest BCUT2D eigenvalue weighted by Gasteiger charge is 2.38. The van der Waals surface area contributed by atoms with E-state index >= 15 is 0 Å². The van der Waals surface area contributed by atoms with Crippen molar-refractivity contribution in [2.24, 2.45) is 0 Å². The molecule has 0 unspecified atom stereocenters. The third-order valence-electron chi connectivity index (χ3n) is 4.04. The van der Waals surface area contributed by atoms with E-state index in [1.807, 2.05) is 31.2 Å². The van der Waals surface area contributed by atoms with Gasteiger partial charge in [-0.15, -0.1) is 0 Å². The number of hydrogen-bond donors (Lipinski definition) is 1. The molecule has 1 aromatic carbocycles. The molecular weight excluding hydrogens is 395 g/mol. The number of halogens is 4. The van der Waals surface area contributed by atoms with Gasteiger partial charge in [-0.05, 0) is 19.4 Å². The Labute approximate surface area is 163 Å². The first kappa shape index (κ1) is 19.9. The van der Waals surface area contributed by atoms with Crippen LogP contribution in [0.1, 0.15) is 22.5 Å². The number of amides is 1. The fraction of sp³-hybridized carbons (Fsp3) is 0.278. The number of carbonyl (C=O) groups excluding carboxylic acids is 1. The van der Waals surface area contributed by atoms with Crippen LogP contribution in [0.15, 0.2) is 36.7 Å². The van der Waals surface area contributed by atoms with Crippen LogP contribution in [0.5, 0.6) is 0 Å². The molecule has 2 heterocycles. The standard InChI is InChI=1S/C18H17ClF3N5O/c1-11-4-3-5-13(6-11)8-26-9-14(7-23-26)24-15(28)10-27-12(2)16(19)17(25-27)18(20,21)22/h3-7,9H,8,10H2,1-2H3,(H,24,28). The Morgan fingerprint density at radius 2 is 2.04 bits per heavy atom. The maximum absolute atomic E-state index is 12.9. The predicted octanol–water partition coefficient (Wildman–Crippen LogP) is 4.06. The summed E-state index contributed by atoms with van der Waals surface area (Å²) in [5.41, 5.74) is 1.49. The van der Waals surface area contributed by atoms with Gasteiger partial charge in [-0.1, -0.05) is 41.4 Å². The first-order valence-electron chi connectivity index (χ1n) is 8.31. The van der Waals surface area contributed by atoms with Crippen molar-refractivity contribution in [3.63, 3.8) is 0 Å². The largest absolute Gasteiger partial charge is 0.436 e. The van der Waals surface area contributed by atoms with Gasteiger partial charge in [0.15, 0.2) is 5.69 Å². The molecule has 3 rings (SSSR count). The summed E-state index contributed by atoms with van der Waals surface area (Å²) in [6.45, 7) is 3.49. The molecule has 6 nitrogen and oxygen atoms in total. The highest BCUT2D eigenvalue weighted by atomic mass is 35.5. The zero-order valence-electron chi connectivity index (χ0n) is 15.1. The van der Waals surface area contributed by atoms with E-state index in [2.05, 4.69) is 15.5 Å². The lowest BCUT2D eigenvalue weighted by atomic mass is 10.1.